The van der Waals surface area contributed by atoms with Gasteiger partial charge in [-0.05, 0) is 35.2 Å². The molecule has 1 aromatic heterocycles. The van der Waals surface area contributed by atoms with Crippen LogP contribution in [0.2, 0.25) is 0 Å². The minimum absolute atomic E-state index is 0.0581. The Morgan fingerprint density at radius 3 is 1.97 bits per heavy atom. The van der Waals surface area contributed by atoms with Crippen LogP contribution in [0.4, 0.5) is 0 Å². The van der Waals surface area contributed by atoms with Gasteiger partial charge < -0.3 is 9.73 Å². The lowest BCUT2D eigenvalue weighted by molar-refractivity contribution is -0.121. The first-order chi connectivity index (χ1) is 15.3. The molecule has 0 radical (unpaired) electrons. The maximum absolute atomic E-state index is 12.9. The Balaban J connectivity index is 1.45. The van der Waals surface area contributed by atoms with E-state index in [-0.39, 0.29) is 24.5 Å². The summed E-state index contributed by atoms with van der Waals surface area (Å²) in [4.78, 5) is 12.9. The van der Waals surface area contributed by atoms with E-state index in [4.69, 9.17) is 4.42 Å². The summed E-state index contributed by atoms with van der Waals surface area (Å²) in [5.74, 6) is 0.722. The summed E-state index contributed by atoms with van der Waals surface area (Å²) < 4.78 is 5.62. The Labute approximate surface area is 182 Å². The van der Waals surface area contributed by atoms with Crippen LogP contribution in [0, 0.1) is 0 Å². The minimum atomic E-state index is -0.189. The number of benzene rings is 3. The molecular formula is C27H26N2O2. The second-order valence-corrected chi connectivity index (χ2v) is 7.46. The fraction of sp³-hybridized carbons (Fsp3) is 0.148. The number of hydrogen-bond acceptors (Lipinski definition) is 3. The van der Waals surface area contributed by atoms with Crippen LogP contribution in [0.1, 0.15) is 34.5 Å². The molecule has 0 fully saturated rings. The van der Waals surface area contributed by atoms with Gasteiger partial charge in [-0.25, -0.2) is 0 Å². The highest BCUT2D eigenvalue weighted by Crippen LogP contribution is 2.22. The molecule has 156 valence electrons. The molecule has 3 aromatic carbocycles. The van der Waals surface area contributed by atoms with Crippen LogP contribution >= 0.6 is 0 Å². The largest absolute Gasteiger partial charge is 0.467 e. The van der Waals surface area contributed by atoms with Gasteiger partial charge in [0.15, 0.2) is 0 Å². The van der Waals surface area contributed by atoms with Crippen molar-refractivity contribution in [3.63, 3.8) is 0 Å². The lowest BCUT2D eigenvalue weighted by atomic mass is 9.99. The zero-order chi connectivity index (χ0) is 21.3. The number of nitrogens with one attached hydrogen (secondary N) is 2. The third kappa shape index (κ3) is 5.71. The second kappa shape index (κ2) is 10.4. The Kier molecular flexibility index (Phi) is 6.93. The quantitative estimate of drug-likeness (QED) is 0.406. The number of carbonyl (C=O) groups excluding carboxylic acids is 1. The molecule has 1 heterocycles. The maximum Gasteiger partial charge on any atom is 0.234 e. The van der Waals surface area contributed by atoms with Crippen molar-refractivity contribution in [2.24, 2.45) is 0 Å². The van der Waals surface area contributed by atoms with Gasteiger partial charge in [0.05, 0.1) is 24.9 Å². The van der Waals surface area contributed by atoms with Gasteiger partial charge in [0.1, 0.15) is 5.76 Å². The first-order valence-electron chi connectivity index (χ1n) is 10.5. The fourth-order valence-electron chi connectivity index (χ4n) is 3.71. The van der Waals surface area contributed by atoms with E-state index in [0.717, 1.165) is 23.3 Å². The predicted molar refractivity (Wildman–Crippen MR) is 122 cm³/mol. The van der Waals surface area contributed by atoms with Crippen LogP contribution in [0.25, 0.3) is 0 Å². The summed E-state index contributed by atoms with van der Waals surface area (Å²) in [5.41, 5.74) is 3.32. The van der Waals surface area contributed by atoms with Gasteiger partial charge in [0, 0.05) is 0 Å². The number of rotatable bonds is 9. The Morgan fingerprint density at radius 2 is 1.35 bits per heavy atom. The first kappa shape index (κ1) is 20.6. The molecule has 0 saturated heterocycles. The van der Waals surface area contributed by atoms with E-state index in [9.17, 15) is 4.79 Å². The highest BCUT2D eigenvalue weighted by molar-refractivity contribution is 5.78. The van der Waals surface area contributed by atoms with Crippen LogP contribution in [0.5, 0.6) is 0 Å². The third-order valence-electron chi connectivity index (χ3n) is 5.25. The fourth-order valence-corrected chi connectivity index (χ4v) is 3.71. The van der Waals surface area contributed by atoms with Crippen molar-refractivity contribution < 1.29 is 9.21 Å². The van der Waals surface area contributed by atoms with Crippen molar-refractivity contribution in [2.45, 2.75) is 18.5 Å². The van der Waals surface area contributed by atoms with Gasteiger partial charge >= 0.3 is 0 Å². The monoisotopic (exact) mass is 410 g/mol. The summed E-state index contributed by atoms with van der Waals surface area (Å²) in [6, 6.07) is 33.8. The van der Waals surface area contributed by atoms with Crippen molar-refractivity contribution in [3.8, 4) is 0 Å². The van der Waals surface area contributed by atoms with Crippen LogP contribution in [0.15, 0.2) is 114 Å². The summed E-state index contributed by atoms with van der Waals surface area (Å²) in [6.45, 7) is 0.179. The maximum atomic E-state index is 12.9. The van der Waals surface area contributed by atoms with E-state index in [2.05, 4.69) is 34.9 Å². The average molecular weight is 411 g/mol. The number of carbonyl (C=O) groups is 1. The van der Waals surface area contributed by atoms with Gasteiger partial charge in [-0.3, -0.25) is 10.1 Å². The molecule has 1 amide bonds. The Hall–Kier alpha value is -3.63. The van der Waals surface area contributed by atoms with E-state index < -0.39 is 0 Å². The zero-order valence-corrected chi connectivity index (χ0v) is 17.3. The Bertz CT molecular complexity index is 1050. The summed E-state index contributed by atoms with van der Waals surface area (Å²) in [6.07, 6.45) is 2.38. The van der Waals surface area contributed by atoms with Gasteiger partial charge in [0.25, 0.3) is 0 Å². The van der Waals surface area contributed by atoms with Crippen molar-refractivity contribution in [1.29, 1.82) is 0 Å². The molecule has 4 aromatic rings. The highest BCUT2D eigenvalue weighted by Gasteiger charge is 2.19. The topological polar surface area (TPSA) is 54.3 Å². The normalized spacial score (nSPS) is 12.8. The molecular weight excluding hydrogens is 384 g/mol. The number of furan rings is 1. The van der Waals surface area contributed by atoms with Crippen LogP contribution in [-0.2, 0) is 11.2 Å². The van der Waals surface area contributed by atoms with Crippen molar-refractivity contribution >= 4 is 5.91 Å². The lowest BCUT2D eigenvalue weighted by Crippen LogP contribution is -2.38. The molecule has 0 bridgehead atoms. The molecule has 31 heavy (non-hydrogen) atoms. The van der Waals surface area contributed by atoms with Gasteiger partial charge in [-0.15, -0.1) is 0 Å². The molecule has 0 aliphatic rings. The van der Waals surface area contributed by atoms with Crippen LogP contribution in [-0.4, -0.2) is 12.5 Å². The molecule has 4 heteroatoms. The smallest absolute Gasteiger partial charge is 0.234 e. The van der Waals surface area contributed by atoms with E-state index >= 15 is 0 Å². The predicted octanol–water partition coefficient (Wildman–Crippen LogP) is 5.06. The Morgan fingerprint density at radius 1 is 0.742 bits per heavy atom. The molecule has 0 unspecified atom stereocenters. The van der Waals surface area contributed by atoms with Gasteiger partial charge in [-0.1, -0.05) is 91.0 Å². The summed E-state index contributed by atoms with van der Waals surface area (Å²) in [7, 11) is 0. The highest BCUT2D eigenvalue weighted by atomic mass is 16.3. The van der Waals surface area contributed by atoms with Crippen molar-refractivity contribution in [1.82, 2.24) is 10.6 Å². The number of amides is 1. The van der Waals surface area contributed by atoms with E-state index in [0.29, 0.717) is 0 Å². The molecule has 0 saturated carbocycles. The summed E-state index contributed by atoms with van der Waals surface area (Å²) >= 11 is 0. The van der Waals surface area contributed by atoms with E-state index in [1.54, 1.807) is 6.26 Å². The van der Waals surface area contributed by atoms with Crippen LogP contribution < -0.4 is 10.6 Å². The first-order valence-corrected chi connectivity index (χ1v) is 10.5. The lowest BCUT2D eigenvalue weighted by Gasteiger charge is -2.21. The summed E-state index contributed by atoms with van der Waals surface area (Å²) in [5, 5.41) is 6.55. The van der Waals surface area contributed by atoms with Crippen LogP contribution in [0.3, 0.4) is 0 Å². The molecule has 4 nitrogen and oxygen atoms in total. The molecule has 0 aliphatic heterocycles. The molecule has 2 N–H and O–H groups in total. The van der Waals surface area contributed by atoms with Gasteiger partial charge in [-0.2, -0.15) is 0 Å². The molecule has 2 atom stereocenters. The average Bonchev–Trinajstić information content (AvgIpc) is 3.35. The van der Waals surface area contributed by atoms with E-state index in [1.807, 2.05) is 78.9 Å². The standard InChI is InChI=1S/C27H26N2O2/c30-26(20-28-27(25-17-10-18-31-25)23-15-8-3-9-16-23)29-24(22-13-6-2-7-14-22)19-21-11-4-1-5-12-21/h1-18,24,27-28H,19-20H2,(H,29,30)/t24-,27+/m0/s1. The number of hydrogen-bond donors (Lipinski definition) is 2. The zero-order valence-electron chi connectivity index (χ0n) is 17.3. The second-order valence-electron chi connectivity index (χ2n) is 7.46. The SMILES string of the molecule is O=C(CN[C@H](c1ccccc1)c1ccco1)N[C@@H](Cc1ccccc1)c1ccccc1. The van der Waals surface area contributed by atoms with E-state index in [1.165, 1.54) is 5.56 Å². The molecule has 0 aliphatic carbocycles. The van der Waals surface area contributed by atoms with Gasteiger partial charge in [0.2, 0.25) is 5.91 Å². The molecule has 0 spiro atoms. The van der Waals surface area contributed by atoms with Crippen molar-refractivity contribution in [2.75, 3.05) is 6.54 Å². The van der Waals surface area contributed by atoms with Crippen molar-refractivity contribution in [3.05, 3.63) is 132 Å². The minimum Gasteiger partial charge on any atom is -0.467 e. The molecule has 4 rings (SSSR count). The third-order valence-corrected chi connectivity index (χ3v) is 5.25.